The lowest BCUT2D eigenvalue weighted by molar-refractivity contribution is 0.0529. The molecule has 0 saturated heterocycles. The van der Waals surface area contributed by atoms with E-state index in [9.17, 15) is 4.79 Å². The molecule has 6 nitrogen and oxygen atoms in total. The van der Waals surface area contributed by atoms with Crippen LogP contribution in [0.5, 0.6) is 0 Å². The molecule has 0 bridgehead atoms. The Balaban J connectivity index is 3.58. The lowest BCUT2D eigenvalue weighted by atomic mass is 10.2. The molecule has 0 spiro atoms. The zero-order chi connectivity index (χ0) is 10.3. The number of amides is 1. The number of nitrogens with zero attached hydrogens (tertiary/aromatic N) is 2. The van der Waals surface area contributed by atoms with Crippen molar-refractivity contribution in [1.29, 1.82) is 5.53 Å². The second kappa shape index (κ2) is 5.27. The summed E-state index contributed by atoms with van der Waals surface area (Å²) in [4.78, 5) is 13.8. The molecular formula is C7H15N4O2+. The largest absolute Gasteiger partial charge is 0.444 e. The van der Waals surface area contributed by atoms with Gasteiger partial charge in [-0.05, 0) is 20.8 Å². The van der Waals surface area contributed by atoms with E-state index in [4.69, 9.17) is 10.3 Å². The highest BCUT2D eigenvalue weighted by Crippen LogP contribution is 2.05. The third kappa shape index (κ3) is 8.49. The Morgan fingerprint density at radius 1 is 1.62 bits per heavy atom. The van der Waals surface area contributed by atoms with E-state index in [1.54, 1.807) is 20.8 Å². The van der Waals surface area contributed by atoms with Gasteiger partial charge in [0.2, 0.25) is 4.91 Å². The maximum absolute atomic E-state index is 11.0. The third-order valence-electron chi connectivity index (χ3n) is 0.951. The SMILES string of the molecule is CC(C)(C)OC(=O)NCCN=[N+]=N. The lowest BCUT2D eigenvalue weighted by Crippen LogP contribution is -2.33. The van der Waals surface area contributed by atoms with Gasteiger partial charge in [0, 0.05) is 6.54 Å². The van der Waals surface area contributed by atoms with Gasteiger partial charge >= 0.3 is 6.09 Å². The topological polar surface area (TPSA) is 88.6 Å². The van der Waals surface area contributed by atoms with E-state index < -0.39 is 11.7 Å². The van der Waals surface area contributed by atoms with Crippen LogP contribution < -0.4 is 10.2 Å². The highest BCUT2D eigenvalue weighted by atomic mass is 16.6. The van der Waals surface area contributed by atoms with Gasteiger partial charge < -0.3 is 10.1 Å². The molecule has 74 valence electrons. The van der Waals surface area contributed by atoms with Crippen LogP contribution >= 0.6 is 0 Å². The van der Waals surface area contributed by atoms with Crippen LogP contribution in [0.4, 0.5) is 4.79 Å². The fraction of sp³-hybridized carbons (Fsp3) is 0.857. The minimum Gasteiger partial charge on any atom is -0.444 e. The molecule has 0 atom stereocenters. The molecule has 0 aromatic carbocycles. The molecular weight excluding hydrogens is 172 g/mol. The summed E-state index contributed by atoms with van der Waals surface area (Å²) in [5.74, 6) is 0. The van der Waals surface area contributed by atoms with Crippen LogP contribution in [0.25, 0.3) is 0 Å². The van der Waals surface area contributed by atoms with Crippen LogP contribution in [0.1, 0.15) is 20.8 Å². The molecule has 0 radical (unpaired) electrons. The van der Waals surface area contributed by atoms with Crippen molar-refractivity contribution in [3.05, 3.63) is 0 Å². The summed E-state index contributed by atoms with van der Waals surface area (Å²) in [6.07, 6.45) is -0.479. The maximum Gasteiger partial charge on any atom is 0.407 e. The van der Waals surface area contributed by atoms with Crippen LogP contribution in [-0.2, 0) is 4.74 Å². The minimum atomic E-state index is -0.485. The van der Waals surface area contributed by atoms with Crippen molar-refractivity contribution in [3.63, 3.8) is 0 Å². The van der Waals surface area contributed by atoms with Crippen molar-refractivity contribution >= 4 is 6.09 Å². The average molecular weight is 187 g/mol. The van der Waals surface area contributed by atoms with Crippen LogP contribution in [0.15, 0.2) is 5.11 Å². The Morgan fingerprint density at radius 3 is 2.69 bits per heavy atom. The van der Waals surface area contributed by atoms with Gasteiger partial charge in [-0.2, -0.15) is 0 Å². The molecule has 0 saturated carbocycles. The number of carbonyl (C=O) groups excluding carboxylic acids is 1. The summed E-state index contributed by atoms with van der Waals surface area (Å²) in [5.41, 5.74) is 5.86. The predicted octanol–water partition coefficient (Wildman–Crippen LogP) is 1.06. The van der Waals surface area contributed by atoms with Crippen molar-refractivity contribution in [1.82, 2.24) is 10.2 Å². The monoisotopic (exact) mass is 187 g/mol. The van der Waals surface area contributed by atoms with E-state index in [-0.39, 0.29) is 0 Å². The van der Waals surface area contributed by atoms with Crippen molar-refractivity contribution in [3.8, 4) is 0 Å². The van der Waals surface area contributed by atoms with E-state index in [1.807, 2.05) is 0 Å². The van der Waals surface area contributed by atoms with E-state index in [0.29, 0.717) is 13.1 Å². The number of alkyl carbamates (subject to hydrolysis) is 1. The van der Waals surface area contributed by atoms with Gasteiger partial charge in [-0.15, -0.1) is 0 Å². The second-order valence-corrected chi connectivity index (χ2v) is 3.39. The van der Waals surface area contributed by atoms with Crippen molar-refractivity contribution < 1.29 is 9.53 Å². The maximum atomic E-state index is 11.0. The zero-order valence-electron chi connectivity index (χ0n) is 8.13. The summed E-state index contributed by atoms with van der Waals surface area (Å²) in [6.45, 7) is 5.99. The Kier molecular flexibility index (Phi) is 4.69. The van der Waals surface area contributed by atoms with Gasteiger partial charge in [-0.25, -0.2) is 4.79 Å². The smallest absolute Gasteiger partial charge is 0.407 e. The molecule has 2 N–H and O–H groups in total. The summed E-state index contributed by atoms with van der Waals surface area (Å²) in [5, 5.41) is 5.84. The van der Waals surface area contributed by atoms with Gasteiger partial charge in [0.15, 0.2) is 0 Å². The van der Waals surface area contributed by atoms with Gasteiger partial charge in [0.1, 0.15) is 22.8 Å². The average Bonchev–Trinajstić information content (AvgIpc) is 1.94. The second-order valence-electron chi connectivity index (χ2n) is 3.39. The zero-order valence-corrected chi connectivity index (χ0v) is 8.13. The Hall–Kier alpha value is -1.42. The van der Waals surface area contributed by atoms with Crippen LogP contribution in [0.2, 0.25) is 0 Å². The molecule has 0 heterocycles. The summed E-state index contributed by atoms with van der Waals surface area (Å²) in [7, 11) is 0. The molecule has 0 aromatic rings. The molecule has 0 aliphatic heterocycles. The van der Waals surface area contributed by atoms with Gasteiger partial charge in [-0.1, -0.05) is 0 Å². The Labute approximate surface area is 76.9 Å². The van der Waals surface area contributed by atoms with E-state index in [0.717, 1.165) is 0 Å². The fourth-order valence-electron chi connectivity index (χ4n) is 0.572. The van der Waals surface area contributed by atoms with Crippen LogP contribution in [0, 0.1) is 5.53 Å². The van der Waals surface area contributed by atoms with Crippen molar-refractivity contribution in [2.45, 2.75) is 26.4 Å². The number of ether oxygens (including phenoxy) is 1. The molecule has 0 rings (SSSR count). The van der Waals surface area contributed by atoms with Gasteiger partial charge in [0.25, 0.3) is 0 Å². The molecule has 0 aliphatic carbocycles. The number of nitrogens with one attached hydrogen (secondary N) is 2. The standard InChI is InChI=1S/C7H14N4O2/c1-7(2,3)13-6(12)9-4-5-10-11-8/h8H,4-5H2,1-3H3/p+1. The molecule has 0 fully saturated rings. The quantitative estimate of drug-likeness (QED) is 0.393. The highest BCUT2D eigenvalue weighted by Gasteiger charge is 2.15. The molecule has 1 amide bonds. The van der Waals surface area contributed by atoms with Gasteiger partial charge in [0.05, 0.1) is 0 Å². The number of hydrogen-bond donors (Lipinski definition) is 2. The van der Waals surface area contributed by atoms with E-state index in [1.165, 1.54) is 0 Å². The lowest BCUT2D eigenvalue weighted by Gasteiger charge is -2.19. The molecule has 0 aromatic heterocycles. The van der Waals surface area contributed by atoms with E-state index >= 15 is 0 Å². The highest BCUT2D eigenvalue weighted by molar-refractivity contribution is 5.67. The van der Waals surface area contributed by atoms with Crippen molar-refractivity contribution in [2.75, 3.05) is 13.1 Å². The van der Waals surface area contributed by atoms with Crippen molar-refractivity contribution in [2.24, 2.45) is 5.11 Å². The first-order chi connectivity index (χ1) is 5.95. The summed E-state index contributed by atoms with van der Waals surface area (Å²) < 4.78 is 4.95. The van der Waals surface area contributed by atoms with E-state index in [2.05, 4.69) is 15.3 Å². The Bertz CT molecular complexity index is 215. The summed E-state index contributed by atoms with van der Waals surface area (Å²) >= 11 is 0. The first-order valence-corrected chi connectivity index (χ1v) is 3.96. The predicted molar refractivity (Wildman–Crippen MR) is 46.4 cm³/mol. The first kappa shape index (κ1) is 11.6. The number of rotatable bonds is 3. The first-order valence-electron chi connectivity index (χ1n) is 3.96. The van der Waals surface area contributed by atoms with Crippen LogP contribution in [0.3, 0.4) is 0 Å². The summed E-state index contributed by atoms with van der Waals surface area (Å²) in [6, 6.07) is 0. The Morgan fingerprint density at radius 2 is 2.23 bits per heavy atom. The normalized spacial score (nSPS) is 10.1. The molecule has 0 aliphatic rings. The molecule has 13 heavy (non-hydrogen) atoms. The number of carbonyl (C=O) groups is 1. The molecule has 0 unspecified atom stereocenters. The minimum absolute atomic E-state index is 0.294. The molecule has 6 heteroatoms. The third-order valence-corrected chi connectivity index (χ3v) is 0.951. The fourth-order valence-corrected chi connectivity index (χ4v) is 0.572. The van der Waals surface area contributed by atoms with Crippen LogP contribution in [-0.4, -0.2) is 24.8 Å². The number of hydrogen-bond acceptors (Lipinski definition) is 4. The van der Waals surface area contributed by atoms with Gasteiger partial charge in [-0.3, -0.25) is 0 Å².